The molecule has 0 aromatic carbocycles. The van der Waals surface area contributed by atoms with E-state index in [1.165, 1.54) is 44.9 Å². The summed E-state index contributed by atoms with van der Waals surface area (Å²) in [6.07, 6.45) is 10.2. The predicted octanol–water partition coefficient (Wildman–Crippen LogP) is 8.99. The first-order valence-corrected chi connectivity index (χ1v) is 11.6. The van der Waals surface area contributed by atoms with Gasteiger partial charge in [0.25, 0.3) is 0 Å². The molecule has 2 unspecified atom stereocenters. The predicted molar refractivity (Wildman–Crippen MR) is 119 cm³/mol. The molecule has 0 heteroatoms. The Labute approximate surface area is 167 Å². The first-order chi connectivity index (χ1) is 11.6. The summed E-state index contributed by atoms with van der Waals surface area (Å²) >= 11 is 0. The lowest BCUT2D eigenvalue weighted by Crippen LogP contribution is -2.27. The van der Waals surface area contributed by atoms with E-state index in [0.717, 1.165) is 29.6 Å². The van der Waals surface area contributed by atoms with E-state index < -0.39 is 0 Å². The summed E-state index contributed by atoms with van der Waals surface area (Å²) in [5.41, 5.74) is 1.60. The molecule has 0 N–H and O–H groups in total. The first kappa shape index (κ1) is 24.0. The molecule has 156 valence electrons. The molecule has 2 saturated carbocycles. The minimum absolute atomic E-state index is 0.528. The molecule has 0 aliphatic heterocycles. The van der Waals surface area contributed by atoms with Crippen LogP contribution in [0.1, 0.15) is 121 Å². The van der Waals surface area contributed by atoms with Crippen LogP contribution in [0.5, 0.6) is 0 Å². The van der Waals surface area contributed by atoms with E-state index in [0.29, 0.717) is 16.2 Å². The molecule has 0 amide bonds. The van der Waals surface area contributed by atoms with Crippen molar-refractivity contribution in [1.82, 2.24) is 0 Å². The second-order valence-electron chi connectivity index (χ2n) is 13.2. The van der Waals surface area contributed by atoms with Gasteiger partial charge in [-0.3, -0.25) is 0 Å². The number of rotatable bonds is 1. The van der Waals surface area contributed by atoms with Crippen LogP contribution in [0.2, 0.25) is 0 Å². The van der Waals surface area contributed by atoms with Gasteiger partial charge in [0.2, 0.25) is 0 Å². The van der Waals surface area contributed by atoms with E-state index in [-0.39, 0.29) is 0 Å². The Bertz CT molecular complexity index is 367. The minimum Gasteiger partial charge on any atom is -0.0625 e. The summed E-state index contributed by atoms with van der Waals surface area (Å²) in [7, 11) is 0. The molecule has 0 aromatic heterocycles. The molecule has 0 aromatic rings. The summed E-state index contributed by atoms with van der Waals surface area (Å²) < 4.78 is 0. The lowest BCUT2D eigenvalue weighted by Gasteiger charge is -2.38. The highest BCUT2D eigenvalue weighted by Gasteiger charge is 2.37. The Kier molecular flexibility index (Phi) is 8.32. The average molecular weight is 365 g/mol. The Hall–Kier alpha value is 0. The molecule has 2 atom stereocenters. The fourth-order valence-electron chi connectivity index (χ4n) is 5.21. The molecule has 0 spiro atoms. The van der Waals surface area contributed by atoms with Crippen LogP contribution in [0.15, 0.2) is 0 Å². The summed E-state index contributed by atoms with van der Waals surface area (Å²) in [6.45, 7) is 26.3. The van der Waals surface area contributed by atoms with Crippen molar-refractivity contribution in [2.24, 2.45) is 45.8 Å². The highest BCUT2D eigenvalue weighted by Crippen LogP contribution is 2.48. The van der Waals surface area contributed by atoms with Crippen LogP contribution in [0.3, 0.4) is 0 Å². The Morgan fingerprint density at radius 3 is 1.04 bits per heavy atom. The molecule has 2 rings (SSSR count). The van der Waals surface area contributed by atoms with E-state index in [9.17, 15) is 0 Å². The van der Waals surface area contributed by atoms with Crippen molar-refractivity contribution in [2.75, 3.05) is 0 Å². The normalized spacial score (nSPS) is 30.9. The van der Waals surface area contributed by atoms with Crippen molar-refractivity contribution in [3.8, 4) is 0 Å². The Morgan fingerprint density at radius 1 is 0.500 bits per heavy atom. The van der Waals surface area contributed by atoms with E-state index in [1.54, 1.807) is 0 Å². The van der Waals surface area contributed by atoms with Crippen LogP contribution >= 0.6 is 0 Å². The van der Waals surface area contributed by atoms with Crippen LogP contribution in [0, 0.1) is 45.8 Å². The molecule has 0 bridgehead atoms. The monoisotopic (exact) mass is 364 g/mol. The quantitative estimate of drug-likeness (QED) is 0.435. The second-order valence-corrected chi connectivity index (χ2v) is 13.2. The van der Waals surface area contributed by atoms with Gasteiger partial charge in [-0.15, -0.1) is 0 Å². The second kappa shape index (κ2) is 9.00. The van der Waals surface area contributed by atoms with Crippen molar-refractivity contribution in [1.29, 1.82) is 0 Å². The van der Waals surface area contributed by atoms with Crippen molar-refractivity contribution in [3.05, 3.63) is 0 Å². The van der Waals surface area contributed by atoms with E-state index in [4.69, 9.17) is 0 Å². The maximum atomic E-state index is 2.40. The minimum atomic E-state index is 0.528. The van der Waals surface area contributed by atoms with Gasteiger partial charge in [0, 0.05) is 0 Å². The maximum Gasteiger partial charge on any atom is -0.0354 e. The van der Waals surface area contributed by atoms with Crippen LogP contribution in [-0.4, -0.2) is 0 Å². The molecule has 2 fully saturated rings. The van der Waals surface area contributed by atoms with Gasteiger partial charge >= 0.3 is 0 Å². The van der Waals surface area contributed by atoms with Crippen molar-refractivity contribution < 1.29 is 0 Å². The van der Waals surface area contributed by atoms with Crippen molar-refractivity contribution >= 4 is 0 Å². The standard InChI is InChI=1S/2C13H26/c1-12(2,3)10-7-8-11(9-10)13(4,5)6;1-10(2)11-6-8-12(9-7-11)13(3,4)5/h10-11H,7-9H2,1-6H3;10-12H,6-9H2,1-5H3. The topological polar surface area (TPSA) is 0 Å². The molecule has 0 nitrogen and oxygen atoms in total. The summed E-state index contributed by atoms with van der Waals surface area (Å²) in [5, 5.41) is 0. The van der Waals surface area contributed by atoms with Crippen LogP contribution in [0.4, 0.5) is 0 Å². The van der Waals surface area contributed by atoms with Gasteiger partial charge in [-0.25, -0.2) is 0 Å². The van der Waals surface area contributed by atoms with Crippen molar-refractivity contribution in [2.45, 2.75) is 121 Å². The maximum absolute atomic E-state index is 2.40. The van der Waals surface area contributed by atoms with Crippen LogP contribution < -0.4 is 0 Å². The fraction of sp³-hybridized carbons (Fsp3) is 1.00. The number of hydrogen-bond acceptors (Lipinski definition) is 0. The zero-order valence-electron chi connectivity index (χ0n) is 20.3. The van der Waals surface area contributed by atoms with Gasteiger partial charge in [-0.1, -0.05) is 76.2 Å². The highest BCUT2D eigenvalue weighted by atomic mass is 14.4. The SMILES string of the molecule is CC(C)(C)C1CCC(C(C)(C)C)C1.CC(C)C1CCC(C(C)(C)C)CC1. The molecule has 0 radical (unpaired) electrons. The molecule has 26 heavy (non-hydrogen) atoms. The third-order valence-corrected chi connectivity index (χ3v) is 7.82. The first-order valence-electron chi connectivity index (χ1n) is 11.6. The van der Waals surface area contributed by atoms with E-state index in [1.807, 2.05) is 0 Å². The summed E-state index contributed by atoms with van der Waals surface area (Å²) in [4.78, 5) is 0. The van der Waals surface area contributed by atoms with Gasteiger partial charge in [0.1, 0.15) is 0 Å². The van der Waals surface area contributed by atoms with Gasteiger partial charge in [-0.2, -0.15) is 0 Å². The third kappa shape index (κ3) is 7.55. The zero-order chi connectivity index (χ0) is 20.3. The smallest absolute Gasteiger partial charge is 0.0354 e. The molecular formula is C26H52. The van der Waals surface area contributed by atoms with Gasteiger partial charge in [0.05, 0.1) is 0 Å². The third-order valence-electron chi connectivity index (χ3n) is 7.82. The molecular weight excluding hydrogens is 312 g/mol. The molecule has 0 heterocycles. The Morgan fingerprint density at radius 2 is 0.808 bits per heavy atom. The lowest BCUT2D eigenvalue weighted by atomic mass is 9.68. The van der Waals surface area contributed by atoms with Gasteiger partial charge in [-0.05, 0) is 90.8 Å². The summed E-state index contributed by atoms with van der Waals surface area (Å²) in [6, 6.07) is 0. The van der Waals surface area contributed by atoms with Crippen LogP contribution in [-0.2, 0) is 0 Å². The van der Waals surface area contributed by atoms with Crippen LogP contribution in [0.25, 0.3) is 0 Å². The van der Waals surface area contributed by atoms with Crippen molar-refractivity contribution in [3.63, 3.8) is 0 Å². The molecule has 2 aliphatic rings. The average Bonchev–Trinajstić information content (AvgIpc) is 2.97. The number of hydrogen-bond donors (Lipinski definition) is 0. The van der Waals surface area contributed by atoms with E-state index >= 15 is 0 Å². The lowest BCUT2D eigenvalue weighted by molar-refractivity contribution is 0.132. The molecule has 2 aliphatic carbocycles. The Balaban J connectivity index is 0.000000260. The van der Waals surface area contributed by atoms with E-state index in [2.05, 4.69) is 76.2 Å². The fourth-order valence-corrected chi connectivity index (χ4v) is 5.21. The molecule has 0 saturated heterocycles. The van der Waals surface area contributed by atoms with Gasteiger partial charge in [0.15, 0.2) is 0 Å². The highest BCUT2D eigenvalue weighted by molar-refractivity contribution is 4.88. The zero-order valence-corrected chi connectivity index (χ0v) is 20.3. The summed E-state index contributed by atoms with van der Waals surface area (Å²) in [5.74, 6) is 4.80. The van der Waals surface area contributed by atoms with Gasteiger partial charge < -0.3 is 0 Å². The largest absolute Gasteiger partial charge is 0.0625 e.